The minimum atomic E-state index is -0.242. The number of halogens is 1. The molecule has 2 aliphatic rings. The van der Waals surface area contributed by atoms with Crippen molar-refractivity contribution in [2.24, 2.45) is 0 Å². The third-order valence-electron chi connectivity index (χ3n) is 16.5. The van der Waals surface area contributed by atoms with Gasteiger partial charge in [-0.25, -0.2) is 0 Å². The SMILES string of the molecule is CCOC(=O)Cc1coc2ccc3cc(Br)ccc3c12.CCOC(=O)Cc1coc2ccc3cc(COC)ccc3c12.COCc1ccc2c(ccc3occ(C4CCC(=O)CC4=O)c32)c1.COCc1ccc2c(ccc3occ(C4CCC(=O)CC4=O)c32)c1.[CH3-].[W]. The van der Waals surface area contributed by atoms with Gasteiger partial charge in [-0.15, -0.1) is 0 Å². The number of fused-ring (bicyclic) bond motifs is 12. The Bertz CT molecular complexity index is 4540. The zero-order chi connectivity index (χ0) is 63.0. The number of Topliss-reactive ketones (excluding diaryl/α,β-unsaturated/α-hetero) is 4. The molecule has 0 amide bonds. The summed E-state index contributed by atoms with van der Waals surface area (Å²) in [6.07, 6.45) is 9.27. The van der Waals surface area contributed by atoms with Crippen LogP contribution >= 0.6 is 15.9 Å². The zero-order valence-corrected chi connectivity index (χ0v) is 56.6. The van der Waals surface area contributed by atoms with Crippen LogP contribution in [0.5, 0.6) is 0 Å². The summed E-state index contributed by atoms with van der Waals surface area (Å²) < 4.78 is 49.2. The van der Waals surface area contributed by atoms with Crippen molar-refractivity contribution >= 4 is 138 Å². The van der Waals surface area contributed by atoms with E-state index >= 15 is 0 Å². The second kappa shape index (κ2) is 30.8. The molecule has 8 aromatic carbocycles. The van der Waals surface area contributed by atoms with E-state index in [4.69, 9.17) is 41.4 Å². The molecule has 14 rings (SSSR count). The smallest absolute Gasteiger partial charge is 0.310 e. The summed E-state index contributed by atoms with van der Waals surface area (Å²) in [5.41, 5.74) is 10.0. The summed E-state index contributed by atoms with van der Waals surface area (Å²) in [4.78, 5) is 71.1. The molecular formula is C75H70BrO15W-. The summed E-state index contributed by atoms with van der Waals surface area (Å²) in [5.74, 6) is -0.871. The topological polar surface area (TPSA) is 201 Å². The van der Waals surface area contributed by atoms with E-state index < -0.39 is 0 Å². The summed E-state index contributed by atoms with van der Waals surface area (Å²) in [6.45, 7) is 6.09. The third-order valence-corrected chi connectivity index (χ3v) is 17.0. The van der Waals surface area contributed by atoms with Gasteiger partial charge in [0.25, 0.3) is 0 Å². The molecule has 0 aliphatic heterocycles. The van der Waals surface area contributed by atoms with E-state index in [0.29, 0.717) is 58.7 Å². The number of carbonyl (C=O) groups is 6. The molecule has 2 aliphatic carbocycles. The number of esters is 2. The predicted octanol–water partition coefficient (Wildman–Crippen LogP) is 17.0. The number of methoxy groups -OCH3 is 3. The van der Waals surface area contributed by atoms with Crippen molar-refractivity contribution in [1.29, 1.82) is 0 Å². The molecule has 0 radical (unpaired) electrons. The van der Waals surface area contributed by atoms with Crippen molar-refractivity contribution in [3.8, 4) is 0 Å². The van der Waals surface area contributed by atoms with Crippen LogP contribution in [0.1, 0.15) is 103 Å². The Kier molecular flexibility index (Phi) is 22.8. The van der Waals surface area contributed by atoms with Crippen molar-refractivity contribution in [1.82, 2.24) is 0 Å². The van der Waals surface area contributed by atoms with Crippen LogP contribution in [-0.4, -0.2) is 69.6 Å². The number of hydrogen-bond donors (Lipinski definition) is 0. The molecule has 2 unspecified atom stereocenters. The maximum atomic E-state index is 12.3. The monoisotopic (exact) mass is 1470 g/mol. The van der Waals surface area contributed by atoms with Crippen LogP contribution in [0.25, 0.3) is 87.0 Å². The van der Waals surface area contributed by atoms with Crippen LogP contribution in [0.2, 0.25) is 0 Å². The molecule has 15 nitrogen and oxygen atoms in total. The zero-order valence-electron chi connectivity index (χ0n) is 52.1. The summed E-state index contributed by atoms with van der Waals surface area (Å²) >= 11 is 3.47. The number of carbonyl (C=O) groups excluding carboxylic acids is 6. The predicted molar refractivity (Wildman–Crippen MR) is 355 cm³/mol. The Morgan fingerprint density at radius 3 is 1.15 bits per heavy atom. The molecule has 2 fully saturated rings. The first-order valence-corrected chi connectivity index (χ1v) is 30.8. The molecule has 0 N–H and O–H groups in total. The van der Waals surface area contributed by atoms with Gasteiger partial charge in [0.1, 0.15) is 45.5 Å². The van der Waals surface area contributed by atoms with Crippen LogP contribution in [0.15, 0.2) is 169 Å². The second-order valence-corrected chi connectivity index (χ2v) is 23.4. The minimum Gasteiger partial charge on any atom is -0.466 e. The Labute approximate surface area is 554 Å². The number of hydrogen-bond acceptors (Lipinski definition) is 15. The standard InChI is InChI=1S/2C20H18O4.C18H18O4.C16H13BrO3.CH3.W/c2*1-23-10-12-2-5-15-13(8-12)3-7-19-20(15)17(11-24-19)16-6-4-14(21)9-18(16)22;1-3-21-17(19)9-14-11-22-16-7-5-13-8-12(10-20-2)4-6-15(13)18(14)16;1-2-19-15(18)8-11-9-20-14-6-3-10-7-12(17)4-5-13(10)16(11)14;;/h2*2-3,5,7-8,11,16H,4,6,9-10H2,1H3;4-8,11H,3,9-10H2,1-2H3;3-7,9H,2,8H2,1H3;1H3;/q;;;;-1;. The van der Waals surface area contributed by atoms with Crippen molar-refractivity contribution in [3.63, 3.8) is 0 Å². The molecule has 2 saturated carbocycles. The normalized spacial score (nSPS) is 14.8. The van der Waals surface area contributed by atoms with Gasteiger partial charge in [0.2, 0.25) is 0 Å². The molecule has 474 valence electrons. The number of benzene rings is 8. The van der Waals surface area contributed by atoms with Crippen LogP contribution in [0, 0.1) is 7.43 Å². The first-order chi connectivity index (χ1) is 43.7. The molecule has 0 bridgehead atoms. The van der Waals surface area contributed by atoms with Crippen LogP contribution in [-0.2, 0) is 106 Å². The van der Waals surface area contributed by atoms with Crippen molar-refractivity contribution in [2.75, 3.05) is 34.5 Å². The van der Waals surface area contributed by atoms with Crippen molar-refractivity contribution < 1.29 is 91.2 Å². The van der Waals surface area contributed by atoms with E-state index in [-0.39, 0.29) is 101 Å². The Hall–Kier alpha value is -8.37. The van der Waals surface area contributed by atoms with Crippen LogP contribution in [0.3, 0.4) is 0 Å². The third kappa shape index (κ3) is 14.9. The number of rotatable bonds is 14. The van der Waals surface area contributed by atoms with Gasteiger partial charge in [-0.05, 0) is 141 Å². The fourth-order valence-corrected chi connectivity index (χ4v) is 12.8. The molecule has 4 aromatic heterocycles. The van der Waals surface area contributed by atoms with E-state index in [2.05, 4.69) is 58.4 Å². The van der Waals surface area contributed by atoms with Gasteiger partial charge in [0.05, 0.1) is 83.8 Å². The molecule has 4 heterocycles. The average molecular weight is 1480 g/mol. The van der Waals surface area contributed by atoms with E-state index in [1.54, 1.807) is 60.2 Å². The maximum absolute atomic E-state index is 12.3. The first kappa shape index (κ1) is 68.0. The molecule has 2 atom stereocenters. The van der Waals surface area contributed by atoms with E-state index in [1.165, 1.54) is 0 Å². The van der Waals surface area contributed by atoms with Gasteiger partial charge < -0.3 is 48.8 Å². The number of furan rings is 4. The van der Waals surface area contributed by atoms with Crippen molar-refractivity contribution in [3.05, 3.63) is 197 Å². The summed E-state index contributed by atoms with van der Waals surface area (Å²) in [5, 5.41) is 12.7. The Balaban J connectivity index is 0.000000144. The number of ketones is 4. The molecule has 0 saturated heterocycles. The second-order valence-electron chi connectivity index (χ2n) is 22.5. The average Bonchev–Trinajstić information content (AvgIpc) is 1.58. The molecule has 0 spiro atoms. The fraction of sp³-hybridized carbons (Fsp3) is 0.267. The van der Waals surface area contributed by atoms with Crippen LogP contribution < -0.4 is 0 Å². The fourth-order valence-electron chi connectivity index (χ4n) is 12.4. The van der Waals surface area contributed by atoms with E-state index in [1.807, 2.05) is 78.9 Å². The van der Waals surface area contributed by atoms with Gasteiger partial charge >= 0.3 is 11.9 Å². The van der Waals surface area contributed by atoms with Gasteiger partial charge in [0, 0.05) is 115 Å². The van der Waals surface area contributed by atoms with Crippen LogP contribution in [0.4, 0.5) is 0 Å². The minimum absolute atomic E-state index is 0. The van der Waals surface area contributed by atoms with Gasteiger partial charge in [-0.1, -0.05) is 82.7 Å². The first-order valence-electron chi connectivity index (χ1n) is 30.0. The largest absolute Gasteiger partial charge is 0.466 e. The van der Waals surface area contributed by atoms with Gasteiger partial charge in [-0.3, -0.25) is 28.8 Å². The Morgan fingerprint density at radius 1 is 0.457 bits per heavy atom. The molecular weight excluding hydrogens is 1400 g/mol. The Morgan fingerprint density at radius 2 is 0.793 bits per heavy atom. The van der Waals surface area contributed by atoms with Crippen molar-refractivity contribution in [2.45, 2.75) is 96.9 Å². The molecule has 92 heavy (non-hydrogen) atoms. The maximum Gasteiger partial charge on any atom is 0.310 e. The van der Waals surface area contributed by atoms with E-state index in [0.717, 1.165) is 130 Å². The van der Waals surface area contributed by atoms with Gasteiger partial charge in [0.15, 0.2) is 0 Å². The molecule has 12 aromatic rings. The summed E-state index contributed by atoms with van der Waals surface area (Å²) in [7, 11) is 5.04. The van der Waals surface area contributed by atoms with E-state index in [9.17, 15) is 28.8 Å². The molecule has 17 heteroatoms. The van der Waals surface area contributed by atoms with Gasteiger partial charge in [-0.2, -0.15) is 0 Å². The quantitative estimate of drug-likeness (QED) is 0.0565. The number of ether oxygens (including phenoxy) is 5. The summed E-state index contributed by atoms with van der Waals surface area (Å²) in [6, 6.07) is 40.5.